The SMILES string of the molecule is N#Cc1c(CN2CCCCC2)cc(=O)n2c1sc1ccccc12. The van der Waals surface area contributed by atoms with E-state index >= 15 is 0 Å². The minimum Gasteiger partial charge on any atom is -0.299 e. The van der Waals surface area contributed by atoms with Gasteiger partial charge in [-0.25, -0.2) is 0 Å². The van der Waals surface area contributed by atoms with E-state index in [1.165, 1.54) is 30.6 Å². The number of piperidine rings is 1. The average molecular weight is 323 g/mol. The summed E-state index contributed by atoms with van der Waals surface area (Å²) in [6, 6.07) is 11.8. The van der Waals surface area contributed by atoms with Gasteiger partial charge >= 0.3 is 0 Å². The molecule has 5 heteroatoms. The number of rotatable bonds is 2. The zero-order valence-electron chi connectivity index (χ0n) is 12.8. The summed E-state index contributed by atoms with van der Waals surface area (Å²) in [6.45, 7) is 2.80. The number of likely N-dealkylation sites (tertiary alicyclic amines) is 1. The lowest BCUT2D eigenvalue weighted by Crippen LogP contribution is -2.30. The van der Waals surface area contributed by atoms with E-state index in [2.05, 4.69) is 11.0 Å². The highest BCUT2D eigenvalue weighted by atomic mass is 32.1. The van der Waals surface area contributed by atoms with Crippen LogP contribution in [0.25, 0.3) is 15.0 Å². The van der Waals surface area contributed by atoms with Gasteiger partial charge in [-0.1, -0.05) is 18.6 Å². The maximum absolute atomic E-state index is 12.6. The molecule has 0 spiro atoms. The van der Waals surface area contributed by atoms with Gasteiger partial charge in [-0.2, -0.15) is 5.26 Å². The first-order chi connectivity index (χ1) is 11.3. The molecule has 0 saturated carbocycles. The standard InChI is InChI=1S/C18H17N3OS/c19-11-14-13(12-20-8-4-1-5-9-20)10-17(22)21-15-6-2-3-7-16(15)23-18(14)21/h2-3,6-7,10H,1,4-5,8-9,12H2. The lowest BCUT2D eigenvalue weighted by atomic mass is 10.1. The summed E-state index contributed by atoms with van der Waals surface area (Å²) >= 11 is 1.53. The number of para-hydroxylation sites is 1. The van der Waals surface area contributed by atoms with Crippen molar-refractivity contribution >= 4 is 26.4 Å². The van der Waals surface area contributed by atoms with Crippen molar-refractivity contribution < 1.29 is 0 Å². The molecular formula is C18H17N3OS. The summed E-state index contributed by atoms with van der Waals surface area (Å²) in [5.41, 5.74) is 2.37. The highest BCUT2D eigenvalue weighted by molar-refractivity contribution is 7.24. The van der Waals surface area contributed by atoms with Crippen LogP contribution in [0.1, 0.15) is 30.4 Å². The number of hydrogen-bond acceptors (Lipinski definition) is 4. The second kappa shape index (κ2) is 5.80. The molecule has 0 N–H and O–H groups in total. The highest BCUT2D eigenvalue weighted by Gasteiger charge is 2.18. The molecule has 2 aromatic heterocycles. The van der Waals surface area contributed by atoms with Crippen LogP contribution in [0.3, 0.4) is 0 Å². The van der Waals surface area contributed by atoms with E-state index in [9.17, 15) is 10.1 Å². The maximum Gasteiger partial charge on any atom is 0.256 e. The van der Waals surface area contributed by atoms with Gasteiger partial charge in [0.15, 0.2) is 0 Å². The van der Waals surface area contributed by atoms with E-state index < -0.39 is 0 Å². The van der Waals surface area contributed by atoms with Crippen LogP contribution in [0, 0.1) is 11.3 Å². The summed E-state index contributed by atoms with van der Waals surface area (Å²) in [5, 5.41) is 9.68. The molecule has 23 heavy (non-hydrogen) atoms. The van der Waals surface area contributed by atoms with Crippen molar-refractivity contribution in [3.8, 4) is 6.07 Å². The summed E-state index contributed by atoms with van der Waals surface area (Å²) in [7, 11) is 0. The number of aromatic nitrogens is 1. The minimum absolute atomic E-state index is 0.0385. The zero-order chi connectivity index (χ0) is 15.8. The van der Waals surface area contributed by atoms with Gasteiger partial charge in [-0.15, -0.1) is 11.3 Å². The first-order valence-corrected chi connectivity index (χ1v) is 8.78. The average Bonchev–Trinajstić information content (AvgIpc) is 2.96. The van der Waals surface area contributed by atoms with E-state index in [0.29, 0.717) is 12.1 Å². The molecule has 0 radical (unpaired) electrons. The summed E-state index contributed by atoms with van der Waals surface area (Å²) in [4.78, 5) is 15.7. The number of benzene rings is 1. The molecule has 4 rings (SSSR count). The number of pyridine rings is 1. The van der Waals surface area contributed by atoms with Crippen molar-refractivity contribution in [2.45, 2.75) is 25.8 Å². The van der Waals surface area contributed by atoms with E-state index in [1.807, 2.05) is 24.3 Å². The normalized spacial score (nSPS) is 16.0. The Morgan fingerprint density at radius 3 is 2.74 bits per heavy atom. The van der Waals surface area contributed by atoms with Crippen LogP contribution in [0.15, 0.2) is 35.1 Å². The van der Waals surface area contributed by atoms with Gasteiger partial charge in [0.05, 0.1) is 15.8 Å². The molecule has 0 atom stereocenters. The number of thiazole rings is 1. The second-order valence-corrected chi connectivity index (χ2v) is 7.07. The Morgan fingerprint density at radius 1 is 1.17 bits per heavy atom. The molecule has 4 nitrogen and oxygen atoms in total. The molecule has 1 aromatic carbocycles. The Balaban J connectivity index is 1.90. The molecule has 3 aromatic rings. The molecule has 1 saturated heterocycles. The Morgan fingerprint density at radius 2 is 1.96 bits per heavy atom. The van der Waals surface area contributed by atoms with Crippen molar-refractivity contribution in [3.63, 3.8) is 0 Å². The molecule has 1 fully saturated rings. The van der Waals surface area contributed by atoms with Crippen molar-refractivity contribution in [1.29, 1.82) is 5.26 Å². The van der Waals surface area contributed by atoms with Crippen LogP contribution in [-0.2, 0) is 6.54 Å². The highest BCUT2D eigenvalue weighted by Crippen LogP contribution is 2.29. The van der Waals surface area contributed by atoms with Crippen molar-refractivity contribution in [2.75, 3.05) is 13.1 Å². The van der Waals surface area contributed by atoms with Gasteiger partial charge in [-0.3, -0.25) is 14.1 Å². The van der Waals surface area contributed by atoms with Crippen LogP contribution in [-0.4, -0.2) is 22.4 Å². The molecule has 116 valence electrons. The van der Waals surface area contributed by atoms with E-state index in [4.69, 9.17) is 0 Å². The molecule has 3 heterocycles. The third-order valence-electron chi connectivity index (χ3n) is 4.52. The predicted octanol–water partition coefficient (Wildman–Crippen LogP) is 3.37. The smallest absolute Gasteiger partial charge is 0.256 e. The lowest BCUT2D eigenvalue weighted by Gasteiger charge is -2.26. The zero-order valence-corrected chi connectivity index (χ0v) is 13.6. The topological polar surface area (TPSA) is 48.5 Å². The minimum atomic E-state index is -0.0385. The van der Waals surface area contributed by atoms with Gasteiger partial charge in [0.2, 0.25) is 0 Å². The summed E-state index contributed by atoms with van der Waals surface area (Å²) < 4.78 is 2.72. The lowest BCUT2D eigenvalue weighted by molar-refractivity contribution is 0.220. The van der Waals surface area contributed by atoms with Crippen LogP contribution >= 0.6 is 11.3 Å². The summed E-state index contributed by atoms with van der Waals surface area (Å²) in [6.07, 6.45) is 3.68. The third kappa shape index (κ3) is 2.44. The Labute approximate surface area is 138 Å². The molecule has 1 aliphatic heterocycles. The first kappa shape index (κ1) is 14.4. The summed E-state index contributed by atoms with van der Waals surface area (Å²) in [5.74, 6) is 0. The fourth-order valence-electron chi connectivity index (χ4n) is 3.39. The second-order valence-electron chi connectivity index (χ2n) is 6.04. The number of fused-ring (bicyclic) bond motifs is 3. The van der Waals surface area contributed by atoms with Crippen molar-refractivity contribution in [1.82, 2.24) is 9.30 Å². The number of nitrogens with zero attached hydrogens (tertiary/aromatic N) is 3. The number of nitriles is 1. The maximum atomic E-state index is 12.6. The molecule has 0 bridgehead atoms. The first-order valence-electron chi connectivity index (χ1n) is 7.96. The van der Waals surface area contributed by atoms with Crippen LogP contribution in [0.2, 0.25) is 0 Å². The van der Waals surface area contributed by atoms with E-state index in [-0.39, 0.29) is 5.56 Å². The van der Waals surface area contributed by atoms with Gasteiger partial charge in [0, 0.05) is 12.6 Å². The van der Waals surface area contributed by atoms with Crippen LogP contribution < -0.4 is 5.56 Å². The predicted molar refractivity (Wildman–Crippen MR) is 92.9 cm³/mol. The fraction of sp³-hybridized carbons (Fsp3) is 0.333. The Bertz CT molecular complexity index is 973. The Hall–Kier alpha value is -2.16. The van der Waals surface area contributed by atoms with Gasteiger partial charge in [0.25, 0.3) is 5.56 Å². The molecule has 0 aliphatic carbocycles. The fourth-order valence-corrected chi connectivity index (χ4v) is 4.57. The third-order valence-corrected chi connectivity index (χ3v) is 5.67. The number of hydrogen-bond donors (Lipinski definition) is 0. The van der Waals surface area contributed by atoms with Crippen LogP contribution in [0.4, 0.5) is 0 Å². The quantitative estimate of drug-likeness (QED) is 0.726. The van der Waals surface area contributed by atoms with Crippen molar-refractivity contribution in [3.05, 3.63) is 51.8 Å². The molecule has 0 unspecified atom stereocenters. The van der Waals surface area contributed by atoms with E-state index in [1.54, 1.807) is 10.5 Å². The van der Waals surface area contributed by atoms with Gasteiger partial charge in [-0.05, 0) is 43.6 Å². The van der Waals surface area contributed by atoms with Crippen molar-refractivity contribution in [2.24, 2.45) is 0 Å². The monoisotopic (exact) mass is 323 g/mol. The van der Waals surface area contributed by atoms with Gasteiger partial charge in [0.1, 0.15) is 10.9 Å². The molecule has 1 aliphatic rings. The van der Waals surface area contributed by atoms with Crippen LogP contribution in [0.5, 0.6) is 0 Å². The largest absolute Gasteiger partial charge is 0.299 e. The molecule has 0 amide bonds. The van der Waals surface area contributed by atoms with Gasteiger partial charge < -0.3 is 0 Å². The van der Waals surface area contributed by atoms with E-state index in [0.717, 1.165) is 33.7 Å². The Kier molecular flexibility index (Phi) is 3.64. The molecular weight excluding hydrogens is 306 g/mol.